The predicted molar refractivity (Wildman–Crippen MR) is 109 cm³/mol. The number of thiocarbonyl (C=S) groups is 1. The molecule has 1 atom stereocenters. The van der Waals surface area contributed by atoms with Crippen molar-refractivity contribution in [3.8, 4) is 11.5 Å². The highest BCUT2D eigenvalue weighted by Crippen LogP contribution is 2.34. The van der Waals surface area contributed by atoms with Crippen LogP contribution in [0.15, 0.2) is 42.1 Å². The molecule has 6 nitrogen and oxygen atoms in total. The SMILES string of the molecule is C=CCOc1ccc(C2NC(=S)NC(C)=C2C(=O)OCC(C)C)cc1OC. The van der Waals surface area contributed by atoms with E-state index >= 15 is 0 Å². The Morgan fingerprint density at radius 2 is 2.11 bits per heavy atom. The number of benzene rings is 1. The number of hydrogen-bond acceptors (Lipinski definition) is 5. The summed E-state index contributed by atoms with van der Waals surface area (Å²) in [6.07, 6.45) is 1.66. The van der Waals surface area contributed by atoms with Gasteiger partial charge in [-0.2, -0.15) is 0 Å². The summed E-state index contributed by atoms with van der Waals surface area (Å²) in [5, 5.41) is 6.59. The molecule has 1 aliphatic rings. The quantitative estimate of drug-likeness (QED) is 0.401. The molecular formula is C20H26N2O4S. The largest absolute Gasteiger partial charge is 0.493 e. The van der Waals surface area contributed by atoms with Crippen LogP contribution in [0.1, 0.15) is 32.4 Å². The summed E-state index contributed by atoms with van der Waals surface area (Å²) in [5.41, 5.74) is 1.98. The predicted octanol–water partition coefficient (Wildman–Crippen LogP) is 3.25. The van der Waals surface area contributed by atoms with E-state index in [0.29, 0.717) is 41.1 Å². The first-order chi connectivity index (χ1) is 12.9. The lowest BCUT2D eigenvalue weighted by Gasteiger charge is -2.30. The first-order valence-electron chi connectivity index (χ1n) is 8.74. The van der Waals surface area contributed by atoms with Crippen LogP contribution in [-0.4, -0.2) is 31.4 Å². The van der Waals surface area contributed by atoms with Crippen molar-refractivity contribution in [1.82, 2.24) is 10.6 Å². The second kappa shape index (κ2) is 9.41. The van der Waals surface area contributed by atoms with Crippen LogP contribution in [-0.2, 0) is 9.53 Å². The van der Waals surface area contributed by atoms with Gasteiger partial charge in [-0.1, -0.05) is 32.6 Å². The maximum atomic E-state index is 12.7. The topological polar surface area (TPSA) is 68.8 Å². The van der Waals surface area contributed by atoms with Crippen molar-refractivity contribution in [3.63, 3.8) is 0 Å². The Bertz CT molecular complexity index is 758. The van der Waals surface area contributed by atoms with E-state index in [2.05, 4.69) is 17.2 Å². The van der Waals surface area contributed by atoms with Gasteiger partial charge in [-0.25, -0.2) is 4.79 Å². The zero-order valence-electron chi connectivity index (χ0n) is 16.1. The molecule has 0 spiro atoms. The molecule has 0 aliphatic carbocycles. The Balaban J connectivity index is 2.37. The normalized spacial score (nSPS) is 16.5. The molecule has 27 heavy (non-hydrogen) atoms. The lowest BCUT2D eigenvalue weighted by molar-refractivity contribution is -0.140. The molecule has 1 heterocycles. The van der Waals surface area contributed by atoms with Crippen molar-refractivity contribution in [2.24, 2.45) is 5.92 Å². The zero-order valence-corrected chi connectivity index (χ0v) is 16.9. The van der Waals surface area contributed by atoms with Crippen molar-refractivity contribution in [3.05, 3.63) is 47.7 Å². The van der Waals surface area contributed by atoms with Crippen LogP contribution in [0.2, 0.25) is 0 Å². The Morgan fingerprint density at radius 3 is 2.74 bits per heavy atom. The van der Waals surface area contributed by atoms with E-state index < -0.39 is 6.04 Å². The molecule has 7 heteroatoms. The summed E-state index contributed by atoms with van der Waals surface area (Å²) in [6.45, 7) is 10.2. The van der Waals surface area contributed by atoms with Crippen molar-refractivity contribution < 1.29 is 19.0 Å². The molecule has 0 aromatic heterocycles. The summed E-state index contributed by atoms with van der Waals surface area (Å²) < 4.78 is 16.5. The average Bonchev–Trinajstić information content (AvgIpc) is 2.63. The van der Waals surface area contributed by atoms with Gasteiger partial charge in [0.25, 0.3) is 0 Å². The highest BCUT2D eigenvalue weighted by Gasteiger charge is 2.31. The number of methoxy groups -OCH3 is 1. The van der Waals surface area contributed by atoms with Gasteiger partial charge in [0, 0.05) is 5.70 Å². The fraction of sp³-hybridized carbons (Fsp3) is 0.400. The first kappa shape index (κ1) is 20.8. The molecule has 0 saturated carbocycles. The van der Waals surface area contributed by atoms with Gasteiger partial charge >= 0.3 is 5.97 Å². The molecule has 0 fully saturated rings. The average molecular weight is 391 g/mol. The molecule has 0 bridgehead atoms. The third-order valence-corrected chi connectivity index (χ3v) is 4.13. The van der Waals surface area contributed by atoms with Gasteiger partial charge in [-0.05, 0) is 42.8 Å². The Hall–Kier alpha value is -2.54. The molecule has 1 unspecified atom stereocenters. The Labute approximate surface area is 165 Å². The number of rotatable bonds is 8. The molecule has 0 amide bonds. The van der Waals surface area contributed by atoms with Crippen LogP contribution >= 0.6 is 12.2 Å². The van der Waals surface area contributed by atoms with Gasteiger partial charge < -0.3 is 24.8 Å². The Morgan fingerprint density at radius 1 is 1.37 bits per heavy atom. The monoisotopic (exact) mass is 390 g/mol. The van der Waals surface area contributed by atoms with Crippen LogP contribution in [0.3, 0.4) is 0 Å². The summed E-state index contributed by atoms with van der Waals surface area (Å²) in [6, 6.07) is 5.06. The standard InChI is InChI=1S/C20H26N2O4S/c1-6-9-25-15-8-7-14(10-16(15)24-5)18-17(13(4)21-20(27)22-18)19(23)26-11-12(2)3/h6-8,10,12,18H,1,9,11H2,2-5H3,(H2,21,22,27). The van der Waals surface area contributed by atoms with E-state index in [1.807, 2.05) is 32.9 Å². The molecular weight excluding hydrogens is 364 g/mol. The van der Waals surface area contributed by atoms with Gasteiger partial charge in [0.15, 0.2) is 16.6 Å². The van der Waals surface area contributed by atoms with Crippen LogP contribution in [0, 0.1) is 5.92 Å². The molecule has 2 N–H and O–H groups in total. The van der Waals surface area contributed by atoms with Crippen LogP contribution < -0.4 is 20.1 Å². The third-order valence-electron chi connectivity index (χ3n) is 3.91. The van der Waals surface area contributed by atoms with Crippen LogP contribution in [0.4, 0.5) is 0 Å². The molecule has 1 aromatic rings. The van der Waals surface area contributed by atoms with Crippen molar-refractivity contribution in [2.45, 2.75) is 26.8 Å². The van der Waals surface area contributed by atoms with E-state index in [0.717, 1.165) is 5.56 Å². The highest BCUT2D eigenvalue weighted by molar-refractivity contribution is 7.80. The molecule has 0 saturated heterocycles. The minimum atomic E-state index is -0.444. The maximum Gasteiger partial charge on any atom is 0.338 e. The zero-order chi connectivity index (χ0) is 20.0. The van der Waals surface area contributed by atoms with Gasteiger partial charge in [-0.3, -0.25) is 0 Å². The lowest BCUT2D eigenvalue weighted by Crippen LogP contribution is -2.45. The van der Waals surface area contributed by atoms with Gasteiger partial charge in [-0.15, -0.1) is 0 Å². The minimum absolute atomic E-state index is 0.250. The van der Waals surface area contributed by atoms with Gasteiger partial charge in [0.1, 0.15) is 6.61 Å². The van der Waals surface area contributed by atoms with Crippen molar-refractivity contribution >= 4 is 23.3 Å². The smallest absolute Gasteiger partial charge is 0.338 e. The molecule has 1 aromatic carbocycles. The minimum Gasteiger partial charge on any atom is -0.493 e. The summed E-state index contributed by atoms with van der Waals surface area (Å²) in [7, 11) is 1.57. The third kappa shape index (κ3) is 5.23. The molecule has 2 rings (SSSR count). The summed E-state index contributed by atoms with van der Waals surface area (Å²) in [4.78, 5) is 12.7. The van der Waals surface area contributed by atoms with Crippen molar-refractivity contribution in [2.75, 3.05) is 20.3 Å². The number of hydrogen-bond donors (Lipinski definition) is 2. The second-order valence-corrected chi connectivity index (χ2v) is 6.98. The molecule has 0 radical (unpaired) electrons. The van der Waals surface area contributed by atoms with Gasteiger partial charge in [0.05, 0.1) is 25.3 Å². The van der Waals surface area contributed by atoms with Gasteiger partial charge in [0.2, 0.25) is 0 Å². The maximum absolute atomic E-state index is 12.7. The number of carbonyl (C=O) groups is 1. The van der Waals surface area contributed by atoms with E-state index in [1.54, 1.807) is 19.3 Å². The number of allylic oxidation sites excluding steroid dienone is 1. The van der Waals surface area contributed by atoms with E-state index in [-0.39, 0.29) is 11.9 Å². The van der Waals surface area contributed by atoms with Crippen molar-refractivity contribution in [1.29, 1.82) is 0 Å². The second-order valence-electron chi connectivity index (χ2n) is 6.57. The Kier molecular flexibility index (Phi) is 7.24. The number of carbonyl (C=O) groups excluding carboxylic acids is 1. The van der Waals surface area contributed by atoms with Crippen LogP contribution in [0.25, 0.3) is 0 Å². The lowest BCUT2D eigenvalue weighted by atomic mass is 9.95. The summed E-state index contributed by atoms with van der Waals surface area (Å²) in [5.74, 6) is 1.04. The molecule has 1 aliphatic heterocycles. The fourth-order valence-corrected chi connectivity index (χ4v) is 2.94. The van der Waals surface area contributed by atoms with E-state index in [1.165, 1.54) is 0 Å². The number of ether oxygens (including phenoxy) is 3. The van der Waals surface area contributed by atoms with E-state index in [4.69, 9.17) is 26.4 Å². The van der Waals surface area contributed by atoms with E-state index in [9.17, 15) is 4.79 Å². The number of nitrogens with one attached hydrogen (secondary N) is 2. The summed E-state index contributed by atoms with van der Waals surface area (Å²) >= 11 is 5.27. The van der Waals surface area contributed by atoms with Crippen LogP contribution in [0.5, 0.6) is 11.5 Å². The molecule has 146 valence electrons. The highest BCUT2D eigenvalue weighted by atomic mass is 32.1. The first-order valence-corrected chi connectivity index (χ1v) is 9.15. The fourth-order valence-electron chi connectivity index (χ4n) is 2.67. The number of esters is 1.